The van der Waals surface area contributed by atoms with Crippen LogP contribution in [0.15, 0.2) is 35.1 Å². The molecule has 1 amide bonds. The van der Waals surface area contributed by atoms with Gasteiger partial charge in [0.1, 0.15) is 11.9 Å². The average molecular weight is 520 g/mol. The Morgan fingerprint density at radius 1 is 1.14 bits per heavy atom. The largest absolute Gasteiger partial charge is 0.446 e. The van der Waals surface area contributed by atoms with E-state index < -0.39 is 24.3 Å². The number of nitrogens with zero attached hydrogens (tertiary/aromatic N) is 3. The van der Waals surface area contributed by atoms with E-state index >= 15 is 0 Å². The van der Waals surface area contributed by atoms with Crippen molar-refractivity contribution in [3.63, 3.8) is 0 Å². The normalized spacial score (nSPS) is 26.7. The SMILES string of the molecule is Cc1nc2c(c(=O)n1C(c1ccccc1)C1CC(O)C1)CCN(C(=O)O[C@H]1CC[C@H](C(F)(F)F)CC1)C2. The number of ether oxygens (including phenoxy) is 1. The molecule has 1 atom stereocenters. The first-order valence-electron chi connectivity index (χ1n) is 13.0. The fraction of sp³-hybridized carbons (Fsp3) is 0.593. The number of benzene rings is 1. The van der Waals surface area contributed by atoms with Crippen LogP contribution in [0.3, 0.4) is 0 Å². The lowest BCUT2D eigenvalue weighted by Gasteiger charge is -2.40. The van der Waals surface area contributed by atoms with Crippen molar-refractivity contribution < 1.29 is 27.8 Å². The maximum absolute atomic E-state index is 13.7. The van der Waals surface area contributed by atoms with Gasteiger partial charge < -0.3 is 14.7 Å². The highest BCUT2D eigenvalue weighted by atomic mass is 19.4. The van der Waals surface area contributed by atoms with E-state index in [9.17, 15) is 27.9 Å². The van der Waals surface area contributed by atoms with Crippen LogP contribution in [0.5, 0.6) is 0 Å². The predicted octanol–water partition coefficient (Wildman–Crippen LogP) is 4.53. The molecule has 10 heteroatoms. The first-order chi connectivity index (χ1) is 17.6. The summed E-state index contributed by atoms with van der Waals surface area (Å²) in [5, 5.41) is 9.94. The molecule has 2 saturated carbocycles. The Labute approximate surface area is 213 Å². The molecule has 0 spiro atoms. The molecular weight excluding hydrogens is 487 g/mol. The second-order valence-corrected chi connectivity index (χ2v) is 10.6. The smallest absolute Gasteiger partial charge is 0.410 e. The summed E-state index contributed by atoms with van der Waals surface area (Å²) in [6, 6.07) is 9.53. The van der Waals surface area contributed by atoms with Gasteiger partial charge in [-0.2, -0.15) is 13.2 Å². The van der Waals surface area contributed by atoms with Crippen molar-refractivity contribution in [2.45, 2.75) is 82.8 Å². The third-order valence-corrected chi connectivity index (χ3v) is 8.12. The molecule has 1 N–H and O–H groups in total. The summed E-state index contributed by atoms with van der Waals surface area (Å²) in [5.41, 5.74) is 1.97. The van der Waals surface area contributed by atoms with E-state index in [1.54, 1.807) is 11.5 Å². The van der Waals surface area contributed by atoms with Gasteiger partial charge in [0.15, 0.2) is 0 Å². The third kappa shape index (κ3) is 5.26. The molecule has 37 heavy (non-hydrogen) atoms. The quantitative estimate of drug-likeness (QED) is 0.642. The number of aliphatic hydroxyl groups is 1. The summed E-state index contributed by atoms with van der Waals surface area (Å²) < 4.78 is 46.0. The van der Waals surface area contributed by atoms with Gasteiger partial charge in [0.25, 0.3) is 5.56 Å². The summed E-state index contributed by atoms with van der Waals surface area (Å²) in [6.45, 7) is 2.19. The lowest BCUT2D eigenvalue weighted by Crippen LogP contribution is -2.45. The predicted molar refractivity (Wildman–Crippen MR) is 129 cm³/mol. The van der Waals surface area contributed by atoms with E-state index in [-0.39, 0.29) is 62.4 Å². The van der Waals surface area contributed by atoms with Crippen molar-refractivity contribution in [1.29, 1.82) is 0 Å². The molecule has 1 unspecified atom stereocenters. The fourth-order valence-electron chi connectivity index (χ4n) is 6.00. The van der Waals surface area contributed by atoms with Crippen molar-refractivity contribution in [2.24, 2.45) is 11.8 Å². The molecule has 2 fully saturated rings. The van der Waals surface area contributed by atoms with E-state index in [2.05, 4.69) is 0 Å². The number of carbonyl (C=O) groups excluding carboxylic acids is 1. The van der Waals surface area contributed by atoms with Gasteiger partial charge in [0.05, 0.1) is 30.3 Å². The molecule has 1 aliphatic heterocycles. The van der Waals surface area contributed by atoms with Gasteiger partial charge in [0.2, 0.25) is 0 Å². The van der Waals surface area contributed by atoms with Gasteiger partial charge in [0, 0.05) is 12.1 Å². The number of alkyl halides is 3. The van der Waals surface area contributed by atoms with Gasteiger partial charge in [-0.1, -0.05) is 30.3 Å². The van der Waals surface area contributed by atoms with Crippen LogP contribution in [-0.4, -0.2) is 50.6 Å². The molecule has 7 nitrogen and oxygen atoms in total. The lowest BCUT2D eigenvalue weighted by atomic mass is 9.74. The van der Waals surface area contributed by atoms with E-state index in [4.69, 9.17) is 9.72 Å². The first kappa shape index (κ1) is 25.8. The Morgan fingerprint density at radius 2 is 1.81 bits per heavy atom. The number of carbonyl (C=O) groups is 1. The number of aryl methyl sites for hydroxylation is 1. The Bertz CT molecular complexity index is 1190. The summed E-state index contributed by atoms with van der Waals surface area (Å²) in [7, 11) is 0. The Balaban J connectivity index is 1.31. The molecule has 5 rings (SSSR count). The Kier molecular flexibility index (Phi) is 7.04. The maximum Gasteiger partial charge on any atom is 0.410 e. The molecule has 0 bridgehead atoms. The second kappa shape index (κ2) is 10.1. The number of fused-ring (bicyclic) bond motifs is 1. The van der Waals surface area contributed by atoms with E-state index in [0.717, 1.165) is 5.56 Å². The van der Waals surface area contributed by atoms with E-state index in [0.29, 0.717) is 36.3 Å². The summed E-state index contributed by atoms with van der Waals surface area (Å²) in [6.07, 6.45) is -3.79. The van der Waals surface area contributed by atoms with Crippen LogP contribution in [0.25, 0.3) is 0 Å². The monoisotopic (exact) mass is 519 g/mol. The minimum atomic E-state index is -4.21. The minimum absolute atomic E-state index is 0.0365. The zero-order valence-corrected chi connectivity index (χ0v) is 20.8. The molecular formula is C27H32F3N3O4. The highest BCUT2D eigenvalue weighted by molar-refractivity contribution is 5.68. The van der Waals surface area contributed by atoms with Crippen molar-refractivity contribution in [3.05, 3.63) is 63.3 Å². The van der Waals surface area contributed by atoms with Gasteiger partial charge in [-0.3, -0.25) is 9.36 Å². The fourth-order valence-corrected chi connectivity index (χ4v) is 6.00. The molecule has 3 aliphatic rings. The number of hydrogen-bond donors (Lipinski definition) is 1. The van der Waals surface area contributed by atoms with Crippen LogP contribution < -0.4 is 5.56 Å². The Morgan fingerprint density at radius 3 is 2.43 bits per heavy atom. The van der Waals surface area contributed by atoms with Gasteiger partial charge in [-0.05, 0) is 63.4 Å². The topological polar surface area (TPSA) is 84.7 Å². The molecule has 200 valence electrons. The molecule has 1 aromatic heterocycles. The van der Waals surface area contributed by atoms with Gasteiger partial charge >= 0.3 is 12.3 Å². The summed E-state index contributed by atoms with van der Waals surface area (Å²) in [4.78, 5) is 32.7. The van der Waals surface area contributed by atoms with Crippen molar-refractivity contribution >= 4 is 6.09 Å². The van der Waals surface area contributed by atoms with Crippen LogP contribution in [0.4, 0.5) is 18.0 Å². The van der Waals surface area contributed by atoms with Gasteiger partial charge in [-0.15, -0.1) is 0 Å². The first-order valence-corrected chi connectivity index (χ1v) is 13.0. The van der Waals surface area contributed by atoms with Crippen molar-refractivity contribution in [3.8, 4) is 0 Å². The zero-order chi connectivity index (χ0) is 26.3. The number of halogens is 3. The van der Waals surface area contributed by atoms with Crippen LogP contribution in [0.2, 0.25) is 0 Å². The minimum Gasteiger partial charge on any atom is -0.446 e. The third-order valence-electron chi connectivity index (χ3n) is 8.12. The number of amides is 1. The van der Waals surface area contributed by atoms with Crippen LogP contribution in [0.1, 0.15) is 67.2 Å². The van der Waals surface area contributed by atoms with E-state index in [1.807, 2.05) is 30.3 Å². The summed E-state index contributed by atoms with van der Waals surface area (Å²) in [5.74, 6) is -0.669. The Hall–Kier alpha value is -2.88. The molecule has 0 saturated heterocycles. The standard InChI is InChI=1S/C27H32F3N3O4/c1-16-31-23-15-32(26(36)37-21-9-7-19(8-10-21)27(28,29)30)12-11-22(23)25(35)33(16)24(18-13-20(34)14-18)17-5-3-2-4-6-17/h2-6,18-21,24,34H,7-15H2,1H3/t18?,19-,20?,21-,24?. The zero-order valence-electron chi connectivity index (χ0n) is 20.8. The van der Waals surface area contributed by atoms with E-state index in [1.165, 1.54) is 4.90 Å². The van der Waals surface area contributed by atoms with Crippen LogP contribution >= 0.6 is 0 Å². The number of aliphatic hydroxyl groups excluding tert-OH is 1. The number of rotatable bonds is 4. The van der Waals surface area contributed by atoms with Crippen LogP contribution in [-0.2, 0) is 17.7 Å². The highest BCUT2D eigenvalue weighted by Gasteiger charge is 2.42. The van der Waals surface area contributed by atoms with Crippen molar-refractivity contribution in [1.82, 2.24) is 14.5 Å². The molecule has 2 aliphatic carbocycles. The van der Waals surface area contributed by atoms with Gasteiger partial charge in [-0.25, -0.2) is 9.78 Å². The molecule has 2 aromatic rings. The molecule has 2 heterocycles. The summed E-state index contributed by atoms with van der Waals surface area (Å²) >= 11 is 0. The average Bonchev–Trinajstić information content (AvgIpc) is 2.85. The number of hydrogen-bond acceptors (Lipinski definition) is 5. The second-order valence-electron chi connectivity index (χ2n) is 10.6. The van der Waals surface area contributed by atoms with Crippen LogP contribution in [0, 0.1) is 18.8 Å². The number of aromatic nitrogens is 2. The highest BCUT2D eigenvalue weighted by Crippen LogP contribution is 2.41. The van der Waals surface area contributed by atoms with Crippen molar-refractivity contribution in [2.75, 3.05) is 6.54 Å². The lowest BCUT2D eigenvalue weighted by molar-refractivity contribution is -0.186. The maximum atomic E-state index is 13.7. The molecule has 0 radical (unpaired) electrons. The molecule has 1 aromatic carbocycles.